The number of fused-ring (bicyclic) bond motifs is 1. The topological polar surface area (TPSA) is 43.1 Å². The largest absolute Gasteiger partial charge is 0.441 e. The first kappa shape index (κ1) is 8.94. The van der Waals surface area contributed by atoms with E-state index in [1.54, 1.807) is 0 Å². The van der Waals surface area contributed by atoms with E-state index in [0.717, 1.165) is 29.4 Å². The molecule has 0 amide bonds. The molecular weight excluding hydrogens is 178 g/mol. The van der Waals surface area contributed by atoms with Gasteiger partial charge in [0.1, 0.15) is 11.8 Å². The van der Waals surface area contributed by atoms with E-state index in [1.807, 2.05) is 25.1 Å². The molecular formula is C11H11NO2. The number of aryl methyl sites for hydroxylation is 2. The van der Waals surface area contributed by atoms with Crippen LogP contribution < -0.4 is 0 Å². The number of hydrogen-bond donors (Lipinski definition) is 0. The molecule has 14 heavy (non-hydrogen) atoms. The highest BCUT2D eigenvalue weighted by atomic mass is 16.3. The van der Waals surface area contributed by atoms with Crippen LogP contribution in [0.25, 0.3) is 11.1 Å². The van der Waals surface area contributed by atoms with Gasteiger partial charge in [-0.05, 0) is 18.1 Å². The lowest BCUT2D eigenvalue weighted by atomic mass is 10.1. The number of hydrogen-bond acceptors (Lipinski definition) is 3. The van der Waals surface area contributed by atoms with E-state index in [4.69, 9.17) is 4.42 Å². The van der Waals surface area contributed by atoms with Crippen molar-refractivity contribution in [2.75, 3.05) is 0 Å². The second-order valence-corrected chi connectivity index (χ2v) is 3.20. The van der Waals surface area contributed by atoms with Crippen LogP contribution in [0.15, 0.2) is 22.6 Å². The minimum atomic E-state index is 0.533. The van der Waals surface area contributed by atoms with Gasteiger partial charge in [0.2, 0.25) is 0 Å². The number of benzene rings is 1. The van der Waals surface area contributed by atoms with E-state index in [-0.39, 0.29) is 0 Å². The molecule has 1 aromatic carbocycles. The second-order valence-electron chi connectivity index (χ2n) is 3.20. The third-order valence-corrected chi connectivity index (χ3v) is 2.14. The first-order valence-corrected chi connectivity index (χ1v) is 4.60. The molecule has 0 N–H and O–H groups in total. The van der Waals surface area contributed by atoms with Crippen LogP contribution in [0.5, 0.6) is 0 Å². The molecule has 1 heterocycles. The van der Waals surface area contributed by atoms with Gasteiger partial charge in [0.05, 0.1) is 0 Å². The van der Waals surface area contributed by atoms with E-state index in [9.17, 15) is 4.79 Å². The summed E-state index contributed by atoms with van der Waals surface area (Å²) >= 11 is 0. The Kier molecular flexibility index (Phi) is 2.31. The molecule has 0 atom stereocenters. The van der Waals surface area contributed by atoms with E-state index < -0.39 is 0 Å². The van der Waals surface area contributed by atoms with Crippen molar-refractivity contribution in [2.45, 2.75) is 19.8 Å². The van der Waals surface area contributed by atoms with Crippen LogP contribution in [-0.2, 0) is 11.2 Å². The SMILES string of the molecule is Cc1nc2c(CCC=O)cccc2o1. The molecule has 0 bridgehead atoms. The first-order chi connectivity index (χ1) is 6.81. The average molecular weight is 189 g/mol. The Labute approximate surface area is 81.7 Å². The fourth-order valence-corrected chi connectivity index (χ4v) is 1.53. The molecule has 0 unspecified atom stereocenters. The van der Waals surface area contributed by atoms with Gasteiger partial charge in [-0.3, -0.25) is 0 Å². The highest BCUT2D eigenvalue weighted by molar-refractivity contribution is 5.76. The molecule has 0 spiro atoms. The zero-order valence-corrected chi connectivity index (χ0v) is 7.99. The summed E-state index contributed by atoms with van der Waals surface area (Å²) in [5, 5.41) is 0. The molecule has 0 saturated heterocycles. The lowest BCUT2D eigenvalue weighted by Gasteiger charge is -1.96. The van der Waals surface area contributed by atoms with Gasteiger partial charge in [-0.25, -0.2) is 4.98 Å². The van der Waals surface area contributed by atoms with Gasteiger partial charge < -0.3 is 9.21 Å². The van der Waals surface area contributed by atoms with Crippen LogP contribution in [0.3, 0.4) is 0 Å². The quantitative estimate of drug-likeness (QED) is 0.695. The maximum absolute atomic E-state index is 10.3. The maximum atomic E-state index is 10.3. The molecule has 0 aliphatic carbocycles. The molecule has 3 heteroatoms. The lowest BCUT2D eigenvalue weighted by molar-refractivity contribution is -0.107. The Bertz CT molecular complexity index is 459. The van der Waals surface area contributed by atoms with E-state index in [0.29, 0.717) is 12.3 Å². The summed E-state index contributed by atoms with van der Waals surface area (Å²) in [5.74, 6) is 0.665. The summed E-state index contributed by atoms with van der Waals surface area (Å²) in [6, 6.07) is 5.79. The van der Waals surface area contributed by atoms with Crippen molar-refractivity contribution in [2.24, 2.45) is 0 Å². The second kappa shape index (κ2) is 3.62. The summed E-state index contributed by atoms with van der Waals surface area (Å²) in [7, 11) is 0. The fourth-order valence-electron chi connectivity index (χ4n) is 1.53. The van der Waals surface area contributed by atoms with Crippen LogP contribution in [0.2, 0.25) is 0 Å². The van der Waals surface area contributed by atoms with Gasteiger partial charge in [0.25, 0.3) is 0 Å². The average Bonchev–Trinajstić information content (AvgIpc) is 2.55. The molecule has 2 aromatic rings. The Balaban J connectivity index is 2.47. The van der Waals surface area contributed by atoms with Crippen molar-refractivity contribution in [3.05, 3.63) is 29.7 Å². The number of oxazole rings is 1. The van der Waals surface area contributed by atoms with Gasteiger partial charge in [0, 0.05) is 13.3 Å². The van der Waals surface area contributed by atoms with Crippen molar-refractivity contribution in [3.8, 4) is 0 Å². The molecule has 72 valence electrons. The number of para-hydroxylation sites is 1. The summed E-state index contributed by atoms with van der Waals surface area (Å²) in [6.07, 6.45) is 2.18. The highest BCUT2D eigenvalue weighted by Gasteiger charge is 2.06. The number of carbonyl (C=O) groups excluding carboxylic acids is 1. The number of carbonyl (C=O) groups is 1. The smallest absolute Gasteiger partial charge is 0.192 e. The number of rotatable bonds is 3. The number of nitrogens with zero attached hydrogens (tertiary/aromatic N) is 1. The van der Waals surface area contributed by atoms with Crippen LogP contribution >= 0.6 is 0 Å². The highest BCUT2D eigenvalue weighted by Crippen LogP contribution is 2.19. The van der Waals surface area contributed by atoms with Gasteiger partial charge in [-0.1, -0.05) is 12.1 Å². The van der Waals surface area contributed by atoms with Gasteiger partial charge in [-0.2, -0.15) is 0 Å². The summed E-state index contributed by atoms with van der Waals surface area (Å²) in [4.78, 5) is 14.6. The van der Waals surface area contributed by atoms with Gasteiger partial charge in [-0.15, -0.1) is 0 Å². The first-order valence-electron chi connectivity index (χ1n) is 4.60. The molecule has 3 nitrogen and oxygen atoms in total. The van der Waals surface area contributed by atoms with Crippen molar-refractivity contribution >= 4 is 17.4 Å². The fraction of sp³-hybridized carbons (Fsp3) is 0.273. The molecule has 0 saturated carbocycles. The van der Waals surface area contributed by atoms with Crippen molar-refractivity contribution in [1.29, 1.82) is 0 Å². The van der Waals surface area contributed by atoms with Gasteiger partial charge in [0.15, 0.2) is 11.5 Å². The van der Waals surface area contributed by atoms with Crippen molar-refractivity contribution < 1.29 is 9.21 Å². The minimum absolute atomic E-state index is 0.533. The Morgan fingerprint density at radius 3 is 3.14 bits per heavy atom. The molecule has 0 fully saturated rings. The Morgan fingerprint density at radius 2 is 2.36 bits per heavy atom. The molecule has 0 aliphatic rings. The Morgan fingerprint density at radius 1 is 1.50 bits per heavy atom. The third-order valence-electron chi connectivity index (χ3n) is 2.14. The van der Waals surface area contributed by atoms with Crippen LogP contribution in [-0.4, -0.2) is 11.3 Å². The summed E-state index contributed by atoms with van der Waals surface area (Å²) in [5.41, 5.74) is 2.75. The minimum Gasteiger partial charge on any atom is -0.441 e. The predicted molar refractivity (Wildman–Crippen MR) is 53.1 cm³/mol. The zero-order valence-electron chi connectivity index (χ0n) is 7.99. The third kappa shape index (κ3) is 1.53. The van der Waals surface area contributed by atoms with Crippen LogP contribution in [0.4, 0.5) is 0 Å². The maximum Gasteiger partial charge on any atom is 0.192 e. The zero-order chi connectivity index (χ0) is 9.97. The Hall–Kier alpha value is -1.64. The van der Waals surface area contributed by atoms with E-state index in [1.165, 1.54) is 0 Å². The monoisotopic (exact) mass is 189 g/mol. The van der Waals surface area contributed by atoms with Crippen molar-refractivity contribution in [1.82, 2.24) is 4.98 Å². The molecule has 2 rings (SSSR count). The normalized spacial score (nSPS) is 10.6. The molecule has 1 aromatic heterocycles. The van der Waals surface area contributed by atoms with E-state index >= 15 is 0 Å². The van der Waals surface area contributed by atoms with Crippen LogP contribution in [0, 0.1) is 6.92 Å². The van der Waals surface area contributed by atoms with E-state index in [2.05, 4.69) is 4.98 Å². The molecule has 0 aliphatic heterocycles. The molecule has 0 radical (unpaired) electrons. The van der Waals surface area contributed by atoms with Crippen molar-refractivity contribution in [3.63, 3.8) is 0 Å². The lowest BCUT2D eigenvalue weighted by Crippen LogP contribution is -1.87. The number of aldehydes is 1. The van der Waals surface area contributed by atoms with Crippen LogP contribution in [0.1, 0.15) is 17.9 Å². The number of aromatic nitrogens is 1. The summed E-state index contributed by atoms with van der Waals surface area (Å²) < 4.78 is 5.39. The standard InChI is InChI=1S/C11H11NO2/c1-8-12-11-9(5-3-7-13)4-2-6-10(11)14-8/h2,4,6-7H,3,5H2,1H3. The summed E-state index contributed by atoms with van der Waals surface area (Å²) in [6.45, 7) is 1.82. The van der Waals surface area contributed by atoms with Gasteiger partial charge >= 0.3 is 0 Å². The predicted octanol–water partition coefficient (Wildman–Crippen LogP) is 2.27.